The second-order valence-corrected chi connectivity index (χ2v) is 10.7. The van der Waals surface area contributed by atoms with Gasteiger partial charge in [-0.2, -0.15) is 5.26 Å². The average molecular weight is 516 g/mol. The molecule has 37 heavy (non-hydrogen) atoms. The van der Waals surface area contributed by atoms with E-state index >= 15 is 0 Å². The number of nitrogens with zero attached hydrogens (tertiary/aromatic N) is 1. The number of hydrogen-bond acceptors (Lipinski definition) is 7. The molecule has 1 saturated heterocycles. The molecule has 3 fully saturated rings. The predicted octanol–water partition coefficient (Wildman–Crippen LogP) is 6.42. The minimum absolute atomic E-state index is 0. The number of nitriles is 1. The Bertz CT molecular complexity index is 984. The van der Waals surface area contributed by atoms with Gasteiger partial charge in [-0.15, -0.1) is 0 Å². The maximum Gasteiger partial charge on any atom is 0.327 e. The summed E-state index contributed by atoms with van der Waals surface area (Å²) in [5, 5.41) is 9.31. The fourth-order valence-electron chi connectivity index (χ4n) is 4.96. The zero-order chi connectivity index (χ0) is 26.0. The minimum atomic E-state index is -0.974. The van der Waals surface area contributed by atoms with Crippen LogP contribution in [0.4, 0.5) is 0 Å². The van der Waals surface area contributed by atoms with E-state index in [1.54, 1.807) is 0 Å². The first-order chi connectivity index (χ1) is 16.5. The van der Waals surface area contributed by atoms with Crippen molar-refractivity contribution < 1.29 is 28.6 Å². The van der Waals surface area contributed by atoms with Crippen molar-refractivity contribution in [3.05, 3.63) is 35.9 Å². The van der Waals surface area contributed by atoms with E-state index in [9.17, 15) is 19.6 Å². The van der Waals surface area contributed by atoms with Gasteiger partial charge in [-0.1, -0.05) is 66.0 Å². The molecule has 2 aliphatic carbocycles. The molecule has 7 heteroatoms. The van der Waals surface area contributed by atoms with Crippen molar-refractivity contribution in [3.8, 4) is 6.07 Å². The molecule has 7 nitrogen and oxygen atoms in total. The first kappa shape index (κ1) is 32.1. The van der Waals surface area contributed by atoms with Crippen molar-refractivity contribution in [1.29, 1.82) is 5.26 Å². The molecule has 7 unspecified atom stereocenters. The molecule has 1 heterocycles. The molecule has 7 atom stereocenters. The fraction of sp³-hybridized carbons (Fsp3) is 0.667. The summed E-state index contributed by atoms with van der Waals surface area (Å²) in [5.74, 6) is -0.834. The number of rotatable bonds is 7. The Morgan fingerprint density at radius 3 is 2.35 bits per heavy atom. The zero-order valence-electron chi connectivity index (χ0n) is 21.6. The van der Waals surface area contributed by atoms with Gasteiger partial charge >= 0.3 is 17.9 Å². The molecule has 1 aliphatic heterocycles. The van der Waals surface area contributed by atoms with Crippen LogP contribution in [0.5, 0.6) is 0 Å². The summed E-state index contributed by atoms with van der Waals surface area (Å²) in [5.41, 5.74) is -0.468. The van der Waals surface area contributed by atoms with Crippen LogP contribution in [-0.4, -0.2) is 30.1 Å². The highest BCUT2D eigenvalue weighted by Crippen LogP contribution is 2.62. The molecule has 0 N–H and O–H groups in total. The topological polar surface area (TPSA) is 103 Å². The zero-order valence-corrected chi connectivity index (χ0v) is 21.6. The van der Waals surface area contributed by atoms with E-state index < -0.39 is 22.9 Å². The SMILES string of the molecule is C.C.CCC(C)(C)C(=O)OC1C2CC3C1OC(=O)C3(C#N)C2.CCC(C)C(=O)OC(C)c1ccccc1. The summed E-state index contributed by atoms with van der Waals surface area (Å²) in [6, 6.07) is 11.9. The number of carbonyl (C=O) groups excluding carboxylic acids is 3. The number of benzene rings is 1. The summed E-state index contributed by atoms with van der Waals surface area (Å²) in [7, 11) is 0. The van der Waals surface area contributed by atoms with Crippen molar-refractivity contribution in [1.82, 2.24) is 0 Å². The lowest BCUT2D eigenvalue weighted by molar-refractivity contribution is -0.170. The van der Waals surface area contributed by atoms with Gasteiger partial charge in [0.2, 0.25) is 0 Å². The fourth-order valence-corrected chi connectivity index (χ4v) is 4.96. The second kappa shape index (κ2) is 12.6. The smallest absolute Gasteiger partial charge is 0.327 e. The first-order valence-electron chi connectivity index (χ1n) is 12.6. The van der Waals surface area contributed by atoms with E-state index in [-0.39, 0.29) is 56.8 Å². The van der Waals surface area contributed by atoms with E-state index in [0.717, 1.165) is 18.4 Å². The van der Waals surface area contributed by atoms with E-state index in [1.807, 2.05) is 71.9 Å². The van der Waals surface area contributed by atoms with Crippen LogP contribution in [-0.2, 0) is 28.6 Å². The van der Waals surface area contributed by atoms with Crippen LogP contribution in [0.15, 0.2) is 30.3 Å². The first-order valence-corrected chi connectivity index (χ1v) is 12.6. The molecule has 1 aromatic carbocycles. The lowest BCUT2D eigenvalue weighted by atomic mass is 9.74. The number of hydrogen-bond donors (Lipinski definition) is 0. The summed E-state index contributed by atoms with van der Waals surface area (Å²) in [6.07, 6.45) is 1.78. The van der Waals surface area contributed by atoms with E-state index in [0.29, 0.717) is 12.8 Å². The third-order valence-electron chi connectivity index (χ3n) is 8.02. The summed E-state index contributed by atoms with van der Waals surface area (Å²) >= 11 is 0. The van der Waals surface area contributed by atoms with E-state index in [4.69, 9.17) is 14.2 Å². The Labute approximate surface area is 222 Å². The quantitative estimate of drug-likeness (QED) is 0.305. The molecule has 0 spiro atoms. The highest BCUT2D eigenvalue weighted by atomic mass is 16.6. The molecule has 2 saturated carbocycles. The van der Waals surface area contributed by atoms with Gasteiger partial charge in [-0.3, -0.25) is 14.4 Å². The standard InChI is InChI=1S/C15H19NO4.C13H18O2.2CH4/c1-4-14(2,3)12(17)19-10-8-5-9-11(10)20-13(18)15(9,6-8)7-16;1-4-10(2)13(14)15-11(3)12-8-6-5-7-9-12;;/h8-11H,4-6H2,1-3H3;5-11H,4H2,1-3H3;2*1H4. The van der Waals surface area contributed by atoms with Gasteiger partial charge in [-0.25, -0.2) is 0 Å². The van der Waals surface area contributed by atoms with Crippen LogP contribution in [0.25, 0.3) is 0 Å². The van der Waals surface area contributed by atoms with Crippen LogP contribution in [0.1, 0.15) is 93.7 Å². The van der Waals surface area contributed by atoms with Crippen LogP contribution >= 0.6 is 0 Å². The van der Waals surface area contributed by atoms with E-state index in [1.165, 1.54) is 0 Å². The van der Waals surface area contributed by atoms with Gasteiger partial charge in [0.1, 0.15) is 18.3 Å². The normalized spacial score (nSPS) is 28.2. The summed E-state index contributed by atoms with van der Waals surface area (Å²) < 4.78 is 16.3. The summed E-state index contributed by atoms with van der Waals surface area (Å²) in [6.45, 7) is 11.4. The van der Waals surface area contributed by atoms with Crippen LogP contribution < -0.4 is 0 Å². The van der Waals surface area contributed by atoms with E-state index in [2.05, 4.69) is 6.07 Å². The number of esters is 3. The molecule has 0 aromatic heterocycles. The van der Waals surface area contributed by atoms with Crippen molar-refractivity contribution in [3.63, 3.8) is 0 Å². The Balaban J connectivity index is 0.000000366. The average Bonchev–Trinajstić information content (AvgIpc) is 3.46. The third-order valence-corrected chi connectivity index (χ3v) is 8.02. The van der Waals surface area contributed by atoms with Crippen molar-refractivity contribution in [2.45, 2.75) is 100 Å². The number of ether oxygens (including phenoxy) is 3. The molecule has 4 rings (SSSR count). The van der Waals surface area contributed by atoms with Crippen LogP contribution in [0.2, 0.25) is 0 Å². The molecule has 1 aromatic rings. The second-order valence-electron chi connectivity index (χ2n) is 10.7. The molecular formula is C30H45NO6. The van der Waals surface area contributed by atoms with Gasteiger partial charge in [0.05, 0.1) is 17.4 Å². The Hall–Kier alpha value is -2.88. The van der Waals surface area contributed by atoms with Gasteiger partial charge in [0.15, 0.2) is 5.41 Å². The third kappa shape index (κ3) is 6.17. The highest BCUT2D eigenvalue weighted by Gasteiger charge is 2.72. The maximum absolute atomic E-state index is 12.2. The van der Waals surface area contributed by atoms with Gasteiger partial charge in [0.25, 0.3) is 0 Å². The van der Waals surface area contributed by atoms with Crippen molar-refractivity contribution in [2.24, 2.45) is 28.6 Å². The monoisotopic (exact) mass is 515 g/mol. The molecule has 0 radical (unpaired) electrons. The Kier molecular flexibility index (Phi) is 10.9. The molecule has 206 valence electrons. The van der Waals surface area contributed by atoms with Crippen molar-refractivity contribution in [2.75, 3.05) is 0 Å². The lowest BCUT2D eigenvalue weighted by Gasteiger charge is -2.30. The molecular weight excluding hydrogens is 470 g/mol. The lowest BCUT2D eigenvalue weighted by Crippen LogP contribution is -2.42. The Morgan fingerprint density at radius 2 is 1.81 bits per heavy atom. The number of fused-ring (bicyclic) bond motifs is 1. The predicted molar refractivity (Wildman–Crippen MR) is 142 cm³/mol. The Morgan fingerprint density at radius 1 is 1.19 bits per heavy atom. The summed E-state index contributed by atoms with van der Waals surface area (Å²) in [4.78, 5) is 35.7. The largest absolute Gasteiger partial charge is 0.458 e. The molecule has 3 aliphatic rings. The van der Waals surface area contributed by atoms with Crippen molar-refractivity contribution >= 4 is 17.9 Å². The van der Waals surface area contributed by atoms with Gasteiger partial charge in [0, 0.05) is 11.8 Å². The van der Waals surface area contributed by atoms with Gasteiger partial charge < -0.3 is 14.2 Å². The van der Waals surface area contributed by atoms with Gasteiger partial charge in [-0.05, 0) is 52.0 Å². The molecule has 0 amide bonds. The molecule has 2 bridgehead atoms. The minimum Gasteiger partial charge on any atom is -0.458 e. The van der Waals surface area contributed by atoms with Crippen LogP contribution in [0.3, 0.4) is 0 Å². The highest BCUT2D eigenvalue weighted by molar-refractivity contribution is 5.84. The number of carbonyl (C=O) groups is 3. The van der Waals surface area contributed by atoms with Crippen LogP contribution in [0, 0.1) is 39.9 Å². The maximum atomic E-state index is 12.2.